The van der Waals surface area contributed by atoms with Gasteiger partial charge in [-0.25, -0.2) is 0 Å². The summed E-state index contributed by atoms with van der Waals surface area (Å²) in [6, 6.07) is 10.2. The van der Waals surface area contributed by atoms with E-state index in [0.29, 0.717) is 32.0 Å². The van der Waals surface area contributed by atoms with E-state index in [0.717, 1.165) is 45.7 Å². The highest BCUT2D eigenvalue weighted by Crippen LogP contribution is 2.78. The van der Waals surface area contributed by atoms with Gasteiger partial charge in [0.2, 0.25) is 0 Å². The van der Waals surface area contributed by atoms with Crippen LogP contribution < -0.4 is 10.6 Å². The monoisotopic (exact) mass is 664 g/mol. The quantitative estimate of drug-likeness (QED) is 0.257. The first-order valence-electron chi connectivity index (χ1n) is 19.2. The Labute approximate surface area is 280 Å². The lowest BCUT2D eigenvalue weighted by Gasteiger charge is -2.67. The highest BCUT2D eigenvalue weighted by molar-refractivity contribution is 7.59. The van der Waals surface area contributed by atoms with Crippen LogP contribution in [0.25, 0.3) is 0 Å². The molecular weight excluding hydrogens is 601 g/mol. The lowest BCUT2D eigenvalue weighted by molar-refractivity contribution is -0.0794. The standard InChI is InChI=1S/C40H63N2P3/c1-35-13-28-14-36(2,22-35)25-39(17-28,24-35)43-34(44-40-18-29-15-37(3,26-40)23-38(4,16-29)27-40)33-8-6-5-7-30(33)21-45(31-9-11-41-19-31)32-10-12-42-20-32/h5-8,28-29,31-32,34,41-44H,9-27H2,1-4H3. The van der Waals surface area contributed by atoms with Crippen molar-refractivity contribution in [2.24, 2.45) is 33.5 Å². The van der Waals surface area contributed by atoms with Crippen LogP contribution in [0.1, 0.15) is 134 Å². The molecular formula is C40H63N2P3. The predicted octanol–water partition coefficient (Wildman–Crippen LogP) is 10.2. The molecule has 8 unspecified atom stereocenters. The average Bonchev–Trinajstić information content (AvgIpc) is 3.62. The summed E-state index contributed by atoms with van der Waals surface area (Å²) in [4.78, 5) is 0. The highest BCUT2D eigenvalue weighted by atomic mass is 31.1. The SMILES string of the molecule is CC12CC3CC(C)(C1)CC(PC(PC14CC5CC(C)(CC(C)(C5)C1)C4)c1ccccc1CP(C1CCNC1)C1CCNC1)(C3)C2. The zero-order valence-corrected chi connectivity index (χ0v) is 32.0. The molecule has 0 amide bonds. The minimum absolute atomic E-state index is 0.00398. The van der Waals surface area contributed by atoms with Gasteiger partial charge in [0, 0.05) is 18.5 Å². The van der Waals surface area contributed by atoms with E-state index in [-0.39, 0.29) is 7.92 Å². The second-order valence-electron chi connectivity index (χ2n) is 20.2. The zero-order chi connectivity index (χ0) is 30.7. The number of hydrogen-bond acceptors (Lipinski definition) is 2. The van der Waals surface area contributed by atoms with E-state index in [9.17, 15) is 0 Å². The summed E-state index contributed by atoms with van der Waals surface area (Å²) in [5.41, 5.74) is 7.99. The third-order valence-corrected chi connectivity index (χ3v) is 22.7. The third-order valence-electron chi connectivity index (χ3n) is 14.9. The van der Waals surface area contributed by atoms with Crippen molar-refractivity contribution in [3.8, 4) is 0 Å². The van der Waals surface area contributed by atoms with Gasteiger partial charge < -0.3 is 10.6 Å². The Balaban J connectivity index is 1.09. The largest absolute Gasteiger partial charge is 0.316 e. The average molecular weight is 665 g/mol. The fraction of sp³-hybridized carbons (Fsp3) is 0.850. The molecule has 0 aromatic heterocycles. The summed E-state index contributed by atoms with van der Waals surface area (Å²) in [5, 5.41) is 9.63. The van der Waals surface area contributed by atoms with Crippen LogP contribution in [0.15, 0.2) is 24.3 Å². The Morgan fingerprint density at radius 3 is 1.56 bits per heavy atom. The van der Waals surface area contributed by atoms with Crippen molar-refractivity contribution in [1.29, 1.82) is 0 Å². The summed E-state index contributed by atoms with van der Waals surface area (Å²) in [6.07, 6.45) is 22.7. The van der Waals surface area contributed by atoms with Crippen LogP contribution in [0, 0.1) is 33.5 Å². The van der Waals surface area contributed by atoms with Gasteiger partial charge in [-0.05, 0) is 175 Å². The zero-order valence-electron chi connectivity index (χ0n) is 29.1. The summed E-state index contributed by atoms with van der Waals surface area (Å²) in [6.45, 7) is 15.9. The molecule has 10 fully saturated rings. The van der Waals surface area contributed by atoms with Gasteiger partial charge >= 0.3 is 0 Å². The normalized spacial score (nSPS) is 51.4. The minimum Gasteiger partial charge on any atom is -0.316 e. The molecule has 45 heavy (non-hydrogen) atoms. The minimum atomic E-state index is 0.00398. The van der Waals surface area contributed by atoms with Crippen molar-refractivity contribution in [2.45, 2.75) is 151 Å². The van der Waals surface area contributed by atoms with Gasteiger partial charge in [-0.3, -0.25) is 0 Å². The molecule has 11 rings (SSSR count). The first-order valence-corrected chi connectivity index (χ1v) is 23.1. The molecule has 2 aliphatic heterocycles. The van der Waals surface area contributed by atoms with Crippen molar-refractivity contribution >= 4 is 25.1 Å². The lowest BCUT2D eigenvalue weighted by atomic mass is 9.45. The van der Waals surface area contributed by atoms with Gasteiger partial charge in [0.05, 0.1) is 0 Å². The number of rotatable bonds is 9. The smallest absolute Gasteiger partial charge is 0.0199 e. The Hall–Kier alpha value is 0.430. The van der Waals surface area contributed by atoms with Gasteiger partial charge in [0.15, 0.2) is 0 Å². The van der Waals surface area contributed by atoms with Gasteiger partial charge in [-0.15, -0.1) is 17.2 Å². The maximum absolute atomic E-state index is 3.78. The fourth-order valence-corrected chi connectivity index (χ4v) is 26.2. The summed E-state index contributed by atoms with van der Waals surface area (Å²) >= 11 is 0. The van der Waals surface area contributed by atoms with E-state index in [1.54, 1.807) is 44.1 Å². The number of hydrogen-bond donors (Lipinski definition) is 2. The molecule has 2 nitrogen and oxygen atoms in total. The first-order chi connectivity index (χ1) is 21.4. The van der Waals surface area contributed by atoms with Crippen LogP contribution in [0.2, 0.25) is 0 Å². The maximum atomic E-state index is 3.78. The van der Waals surface area contributed by atoms with Crippen molar-refractivity contribution in [3.63, 3.8) is 0 Å². The van der Waals surface area contributed by atoms with Crippen molar-refractivity contribution in [3.05, 3.63) is 35.4 Å². The van der Waals surface area contributed by atoms with Crippen LogP contribution in [-0.2, 0) is 6.16 Å². The van der Waals surface area contributed by atoms with E-state index >= 15 is 0 Å². The molecule has 8 aliphatic carbocycles. The topological polar surface area (TPSA) is 24.1 Å². The lowest BCUT2D eigenvalue weighted by Crippen LogP contribution is -2.57. The van der Waals surface area contributed by atoms with Crippen molar-refractivity contribution in [1.82, 2.24) is 10.6 Å². The molecule has 1 aromatic rings. The number of nitrogens with one attached hydrogen (secondary N) is 2. The Morgan fingerprint density at radius 1 is 0.667 bits per heavy atom. The van der Waals surface area contributed by atoms with Crippen molar-refractivity contribution in [2.75, 3.05) is 26.2 Å². The van der Waals surface area contributed by atoms with Crippen LogP contribution in [0.3, 0.4) is 0 Å². The predicted molar refractivity (Wildman–Crippen MR) is 199 cm³/mol. The Morgan fingerprint density at radius 2 is 1.13 bits per heavy atom. The van der Waals surface area contributed by atoms with Gasteiger partial charge in [-0.2, -0.15) is 0 Å². The molecule has 8 saturated carbocycles. The first kappa shape index (κ1) is 31.4. The number of benzene rings is 1. The van der Waals surface area contributed by atoms with Crippen LogP contribution in [0.5, 0.6) is 0 Å². The summed E-state index contributed by atoms with van der Waals surface area (Å²) < 4.78 is 0. The van der Waals surface area contributed by atoms with E-state index in [2.05, 4.69) is 62.6 Å². The molecule has 1 aromatic carbocycles. The van der Waals surface area contributed by atoms with Crippen LogP contribution in [-0.4, -0.2) is 47.8 Å². The summed E-state index contributed by atoms with van der Waals surface area (Å²) in [5.74, 6) is 2.02. The Bertz CT molecular complexity index is 1190. The second kappa shape index (κ2) is 11.0. The molecule has 0 spiro atoms. The maximum Gasteiger partial charge on any atom is 0.0199 e. The fourth-order valence-electron chi connectivity index (χ4n) is 15.6. The van der Waals surface area contributed by atoms with E-state index in [1.165, 1.54) is 83.7 Å². The molecule has 2 heterocycles. The van der Waals surface area contributed by atoms with Crippen molar-refractivity contribution < 1.29 is 0 Å². The molecule has 0 radical (unpaired) electrons. The molecule has 5 heteroatoms. The third kappa shape index (κ3) is 5.80. The summed E-state index contributed by atoms with van der Waals surface area (Å²) in [7, 11) is 2.30. The van der Waals surface area contributed by atoms with E-state index in [1.807, 2.05) is 5.56 Å². The highest BCUT2D eigenvalue weighted by Gasteiger charge is 2.63. The van der Waals surface area contributed by atoms with Gasteiger partial charge in [0.1, 0.15) is 0 Å². The van der Waals surface area contributed by atoms with Crippen LogP contribution >= 0.6 is 25.1 Å². The molecule has 10 aliphatic rings. The van der Waals surface area contributed by atoms with Gasteiger partial charge in [0.25, 0.3) is 0 Å². The molecule has 8 bridgehead atoms. The molecule has 2 saturated heterocycles. The molecule has 8 atom stereocenters. The molecule has 248 valence electrons. The van der Waals surface area contributed by atoms with E-state index in [4.69, 9.17) is 0 Å². The Kier molecular flexibility index (Phi) is 7.65. The molecule has 2 N–H and O–H groups in total. The van der Waals surface area contributed by atoms with E-state index < -0.39 is 0 Å². The van der Waals surface area contributed by atoms with Gasteiger partial charge in [-0.1, -0.05) is 59.9 Å². The van der Waals surface area contributed by atoms with Crippen LogP contribution in [0.4, 0.5) is 0 Å². The second-order valence-corrected chi connectivity index (χ2v) is 27.4.